The maximum Gasteiger partial charge on any atom is 0.573 e. The van der Waals surface area contributed by atoms with Gasteiger partial charge in [-0.15, -0.1) is 13.2 Å². The second-order valence-electron chi connectivity index (χ2n) is 10.4. The highest BCUT2D eigenvalue weighted by Crippen LogP contribution is 2.44. The number of unbranched alkanes of at least 4 members (excludes halogenated alkanes) is 2. The van der Waals surface area contributed by atoms with Crippen LogP contribution in [0.1, 0.15) is 75.3 Å². The van der Waals surface area contributed by atoms with Gasteiger partial charge in [0.25, 0.3) is 0 Å². The van der Waals surface area contributed by atoms with Crippen LogP contribution in [0.2, 0.25) is 0 Å². The highest BCUT2D eigenvalue weighted by molar-refractivity contribution is 5.72. The van der Waals surface area contributed by atoms with E-state index in [4.69, 9.17) is 4.74 Å². The maximum absolute atomic E-state index is 15.9. The Hall–Kier alpha value is -3.23. The second-order valence-corrected chi connectivity index (χ2v) is 10.4. The predicted molar refractivity (Wildman–Crippen MR) is 138 cm³/mol. The fourth-order valence-corrected chi connectivity index (χ4v) is 5.49. The SMILES string of the molecule is CCCCC[C@H]1CC[C@H](c2c(F)cc(C)c(Oc3ccccc3-c3cc(F)c(OC(F)(F)F)c(F)c3)c2F)CC1. The van der Waals surface area contributed by atoms with Crippen LogP contribution in [0.5, 0.6) is 17.2 Å². The van der Waals surface area contributed by atoms with Crippen LogP contribution in [0, 0.1) is 36.1 Å². The summed E-state index contributed by atoms with van der Waals surface area (Å²) in [5, 5.41) is 0. The van der Waals surface area contributed by atoms with Gasteiger partial charge in [-0.25, -0.2) is 17.6 Å². The van der Waals surface area contributed by atoms with E-state index in [-0.39, 0.29) is 39.7 Å². The van der Waals surface area contributed by atoms with E-state index in [1.54, 1.807) is 6.07 Å². The first-order valence-corrected chi connectivity index (χ1v) is 13.5. The molecule has 0 bridgehead atoms. The summed E-state index contributed by atoms with van der Waals surface area (Å²) in [4.78, 5) is 0. The molecule has 3 aromatic carbocycles. The normalized spacial score (nSPS) is 17.6. The molecule has 0 saturated heterocycles. The third kappa shape index (κ3) is 6.91. The average molecular weight is 569 g/mol. The minimum Gasteiger partial charge on any atom is -0.453 e. The van der Waals surface area contributed by atoms with Crippen LogP contribution < -0.4 is 9.47 Å². The van der Waals surface area contributed by atoms with Gasteiger partial charge in [0.15, 0.2) is 23.2 Å². The molecule has 3 aromatic rings. The first-order chi connectivity index (χ1) is 19.0. The molecule has 1 aliphatic carbocycles. The summed E-state index contributed by atoms with van der Waals surface area (Å²) in [5.74, 6) is -6.17. The lowest BCUT2D eigenvalue weighted by molar-refractivity contribution is -0.276. The Morgan fingerprint density at radius 1 is 0.825 bits per heavy atom. The van der Waals surface area contributed by atoms with Gasteiger partial charge in [0.1, 0.15) is 11.6 Å². The van der Waals surface area contributed by atoms with Crippen LogP contribution in [0.3, 0.4) is 0 Å². The topological polar surface area (TPSA) is 18.5 Å². The van der Waals surface area contributed by atoms with Gasteiger partial charge in [0, 0.05) is 11.1 Å². The van der Waals surface area contributed by atoms with Crippen LogP contribution in [-0.4, -0.2) is 6.36 Å². The zero-order chi connectivity index (χ0) is 29.0. The van der Waals surface area contributed by atoms with Gasteiger partial charge in [0.05, 0.1) is 0 Å². The lowest BCUT2D eigenvalue weighted by atomic mass is 9.76. The molecular formula is C31H31F7O2. The number of hydrogen-bond acceptors (Lipinski definition) is 2. The van der Waals surface area contributed by atoms with E-state index in [0.717, 1.165) is 32.1 Å². The van der Waals surface area contributed by atoms with Crippen molar-refractivity contribution in [1.82, 2.24) is 0 Å². The van der Waals surface area contributed by atoms with Gasteiger partial charge < -0.3 is 9.47 Å². The van der Waals surface area contributed by atoms with Crippen molar-refractivity contribution in [1.29, 1.82) is 0 Å². The van der Waals surface area contributed by atoms with E-state index in [9.17, 15) is 22.0 Å². The molecule has 0 aromatic heterocycles. The van der Waals surface area contributed by atoms with Gasteiger partial charge in [-0.1, -0.05) is 50.8 Å². The Kier molecular flexibility index (Phi) is 9.31. The summed E-state index contributed by atoms with van der Waals surface area (Å²) in [7, 11) is 0. The summed E-state index contributed by atoms with van der Waals surface area (Å²) >= 11 is 0. The fraction of sp³-hybridized carbons (Fsp3) is 0.419. The Balaban J connectivity index is 1.62. The first kappa shape index (κ1) is 29.7. The monoisotopic (exact) mass is 568 g/mol. The van der Waals surface area contributed by atoms with E-state index >= 15 is 8.78 Å². The molecule has 9 heteroatoms. The first-order valence-electron chi connectivity index (χ1n) is 13.5. The smallest absolute Gasteiger partial charge is 0.453 e. The third-order valence-electron chi connectivity index (χ3n) is 7.49. The van der Waals surface area contributed by atoms with Gasteiger partial charge in [-0.2, -0.15) is 0 Å². The van der Waals surface area contributed by atoms with Gasteiger partial charge in [-0.05, 0) is 79.8 Å². The Bertz CT molecular complexity index is 1300. The Labute approximate surface area is 229 Å². The zero-order valence-electron chi connectivity index (χ0n) is 22.3. The summed E-state index contributed by atoms with van der Waals surface area (Å²) in [6.07, 6.45) is 2.42. The zero-order valence-corrected chi connectivity index (χ0v) is 22.3. The molecule has 0 aliphatic heterocycles. The van der Waals surface area contributed by atoms with E-state index in [2.05, 4.69) is 11.7 Å². The number of halogens is 7. The minimum absolute atomic E-state index is 0.00928. The van der Waals surface area contributed by atoms with E-state index in [0.29, 0.717) is 30.9 Å². The summed E-state index contributed by atoms with van der Waals surface area (Å²) in [6.45, 7) is 3.64. The quantitative estimate of drug-likeness (QED) is 0.189. The highest BCUT2D eigenvalue weighted by Gasteiger charge is 2.34. The van der Waals surface area contributed by atoms with Crippen molar-refractivity contribution in [3.63, 3.8) is 0 Å². The summed E-state index contributed by atoms with van der Waals surface area (Å²) in [5.41, 5.74) is 0.0990. The number of aryl methyl sites for hydroxylation is 1. The summed E-state index contributed by atoms with van der Waals surface area (Å²) < 4.78 is 107. The number of alkyl halides is 3. The Morgan fingerprint density at radius 2 is 1.48 bits per heavy atom. The standard InChI is InChI=1S/C31H31F7O2/c1-3-4-5-8-19-11-13-20(14-12-19)27-23(32)15-18(2)29(28(27)35)39-26-10-7-6-9-22(26)21-16-24(33)30(25(34)17-21)40-31(36,37)38/h6-7,9-10,15-17,19-20H,3-5,8,11-14H2,1-2H3/t19-,20-. The van der Waals surface area contributed by atoms with Gasteiger partial charge >= 0.3 is 6.36 Å². The molecule has 2 nitrogen and oxygen atoms in total. The molecule has 0 heterocycles. The van der Waals surface area contributed by atoms with Crippen molar-refractivity contribution in [2.24, 2.45) is 5.92 Å². The highest BCUT2D eigenvalue weighted by atomic mass is 19.4. The molecule has 1 aliphatic rings. The minimum atomic E-state index is -5.28. The number of para-hydroxylation sites is 1. The molecule has 216 valence electrons. The van der Waals surface area contributed by atoms with Gasteiger partial charge in [0.2, 0.25) is 5.75 Å². The number of ether oxygens (including phenoxy) is 2. The van der Waals surface area contributed by atoms with Crippen molar-refractivity contribution >= 4 is 0 Å². The molecular weight excluding hydrogens is 537 g/mol. The number of rotatable bonds is 9. The molecule has 1 fully saturated rings. The van der Waals surface area contributed by atoms with Crippen molar-refractivity contribution in [3.05, 3.63) is 76.9 Å². The van der Waals surface area contributed by atoms with Gasteiger partial charge in [-0.3, -0.25) is 0 Å². The number of hydrogen-bond donors (Lipinski definition) is 0. The van der Waals surface area contributed by atoms with Crippen LogP contribution in [0.4, 0.5) is 30.7 Å². The van der Waals surface area contributed by atoms with Crippen LogP contribution in [0.25, 0.3) is 11.1 Å². The fourth-order valence-electron chi connectivity index (χ4n) is 5.49. The van der Waals surface area contributed by atoms with Crippen molar-refractivity contribution in [2.45, 2.75) is 77.5 Å². The number of benzene rings is 3. The lowest BCUT2D eigenvalue weighted by Crippen LogP contribution is -2.19. The van der Waals surface area contributed by atoms with E-state index in [1.165, 1.54) is 37.6 Å². The molecule has 0 atom stereocenters. The molecule has 0 radical (unpaired) electrons. The molecule has 0 unspecified atom stereocenters. The molecule has 0 spiro atoms. The molecule has 1 saturated carbocycles. The lowest BCUT2D eigenvalue weighted by Gasteiger charge is -2.30. The van der Waals surface area contributed by atoms with Crippen molar-refractivity contribution in [3.8, 4) is 28.4 Å². The summed E-state index contributed by atoms with van der Waals surface area (Å²) in [6, 6.07) is 8.47. The van der Waals surface area contributed by atoms with Crippen molar-refractivity contribution < 1.29 is 40.2 Å². The average Bonchev–Trinajstić information content (AvgIpc) is 2.89. The third-order valence-corrected chi connectivity index (χ3v) is 7.49. The van der Waals surface area contributed by atoms with Crippen LogP contribution in [0.15, 0.2) is 42.5 Å². The van der Waals surface area contributed by atoms with Crippen molar-refractivity contribution in [2.75, 3.05) is 0 Å². The van der Waals surface area contributed by atoms with E-state index in [1.807, 2.05) is 0 Å². The van der Waals surface area contributed by atoms with Crippen LogP contribution >= 0.6 is 0 Å². The molecule has 40 heavy (non-hydrogen) atoms. The van der Waals surface area contributed by atoms with Crippen LogP contribution in [-0.2, 0) is 0 Å². The largest absolute Gasteiger partial charge is 0.573 e. The molecule has 4 rings (SSSR count). The van der Waals surface area contributed by atoms with E-state index < -0.39 is 35.4 Å². The molecule has 0 N–H and O–H groups in total. The Morgan fingerprint density at radius 3 is 2.10 bits per heavy atom. The maximum atomic E-state index is 15.9. The second kappa shape index (κ2) is 12.5. The predicted octanol–water partition coefficient (Wildman–Crippen LogP) is 10.8. The molecule has 0 amide bonds.